The van der Waals surface area contributed by atoms with Crippen molar-refractivity contribution in [1.29, 1.82) is 0 Å². The van der Waals surface area contributed by atoms with Crippen LogP contribution in [0.25, 0.3) is 0 Å². The maximum absolute atomic E-state index is 10.0. The number of hydrogen-bond donors (Lipinski definition) is 2. The summed E-state index contributed by atoms with van der Waals surface area (Å²) in [7, 11) is 1.89. The van der Waals surface area contributed by atoms with Crippen LogP contribution in [0.15, 0.2) is 24.5 Å². The first kappa shape index (κ1) is 11.1. The molecule has 1 atom stereocenters. The quantitative estimate of drug-likeness (QED) is 0.734. The van der Waals surface area contributed by atoms with Crippen LogP contribution in [0.2, 0.25) is 0 Å². The predicted octanol–water partition coefficient (Wildman–Crippen LogP) is 0.985. The van der Waals surface area contributed by atoms with Crippen LogP contribution in [0.5, 0.6) is 0 Å². The van der Waals surface area contributed by atoms with E-state index in [2.05, 4.69) is 10.3 Å². The molecule has 0 radical (unpaired) electrons. The topological polar surface area (TPSA) is 45.1 Å². The fourth-order valence-electron chi connectivity index (χ4n) is 1.43. The Balaban J connectivity index is 2.50. The standard InChI is InChI=1S/C11H18N2O/c1-11(14,5-7-12-2)8-10-4-3-6-13-9-10/h3-4,6,9,12,14H,5,7-8H2,1-2H3. The lowest BCUT2D eigenvalue weighted by Crippen LogP contribution is -2.31. The molecule has 14 heavy (non-hydrogen) atoms. The van der Waals surface area contributed by atoms with Crippen molar-refractivity contribution in [2.45, 2.75) is 25.4 Å². The summed E-state index contributed by atoms with van der Waals surface area (Å²) >= 11 is 0. The van der Waals surface area contributed by atoms with E-state index >= 15 is 0 Å². The van der Waals surface area contributed by atoms with E-state index in [9.17, 15) is 5.11 Å². The molecule has 3 nitrogen and oxygen atoms in total. The number of hydrogen-bond acceptors (Lipinski definition) is 3. The highest BCUT2D eigenvalue weighted by atomic mass is 16.3. The molecule has 2 N–H and O–H groups in total. The molecule has 1 unspecified atom stereocenters. The number of rotatable bonds is 5. The lowest BCUT2D eigenvalue weighted by atomic mass is 9.94. The average molecular weight is 194 g/mol. The summed E-state index contributed by atoms with van der Waals surface area (Å²) in [5.74, 6) is 0. The summed E-state index contributed by atoms with van der Waals surface area (Å²) in [4.78, 5) is 4.02. The molecule has 0 aliphatic carbocycles. The summed E-state index contributed by atoms with van der Waals surface area (Å²) in [6.45, 7) is 2.69. The second kappa shape index (κ2) is 5.08. The van der Waals surface area contributed by atoms with E-state index in [0.717, 1.165) is 18.5 Å². The van der Waals surface area contributed by atoms with Crippen LogP contribution in [0.1, 0.15) is 18.9 Å². The minimum atomic E-state index is -0.647. The van der Waals surface area contributed by atoms with Gasteiger partial charge in [0.15, 0.2) is 0 Å². The van der Waals surface area contributed by atoms with Crippen molar-refractivity contribution < 1.29 is 5.11 Å². The van der Waals surface area contributed by atoms with Crippen molar-refractivity contribution in [3.05, 3.63) is 30.1 Å². The lowest BCUT2D eigenvalue weighted by molar-refractivity contribution is 0.0520. The Bertz CT molecular complexity index is 259. The average Bonchev–Trinajstić information content (AvgIpc) is 2.16. The Kier molecular flexibility index (Phi) is 4.04. The Morgan fingerprint density at radius 2 is 2.36 bits per heavy atom. The first-order valence-corrected chi connectivity index (χ1v) is 4.90. The van der Waals surface area contributed by atoms with E-state index in [1.165, 1.54) is 0 Å². The van der Waals surface area contributed by atoms with Gasteiger partial charge in [-0.25, -0.2) is 0 Å². The molecular weight excluding hydrogens is 176 g/mol. The van der Waals surface area contributed by atoms with Crippen LogP contribution >= 0.6 is 0 Å². The van der Waals surface area contributed by atoms with Gasteiger partial charge in [-0.1, -0.05) is 6.07 Å². The molecule has 0 bridgehead atoms. The van der Waals surface area contributed by atoms with E-state index in [0.29, 0.717) is 6.42 Å². The zero-order valence-electron chi connectivity index (χ0n) is 8.83. The molecule has 1 heterocycles. The number of nitrogens with one attached hydrogen (secondary N) is 1. The monoisotopic (exact) mass is 194 g/mol. The fourth-order valence-corrected chi connectivity index (χ4v) is 1.43. The summed E-state index contributed by atoms with van der Waals surface area (Å²) in [6, 6.07) is 3.88. The van der Waals surface area contributed by atoms with E-state index in [4.69, 9.17) is 0 Å². The van der Waals surface area contributed by atoms with Gasteiger partial charge in [0.1, 0.15) is 0 Å². The minimum absolute atomic E-state index is 0.647. The number of pyridine rings is 1. The Morgan fingerprint density at radius 3 is 2.93 bits per heavy atom. The maximum atomic E-state index is 10.0. The van der Waals surface area contributed by atoms with Crippen LogP contribution in [0.4, 0.5) is 0 Å². The fraction of sp³-hybridized carbons (Fsp3) is 0.545. The summed E-state index contributed by atoms with van der Waals surface area (Å²) in [6.07, 6.45) is 4.95. The molecule has 3 heteroatoms. The summed E-state index contributed by atoms with van der Waals surface area (Å²) < 4.78 is 0. The van der Waals surface area contributed by atoms with Gasteiger partial charge in [0, 0.05) is 18.8 Å². The van der Waals surface area contributed by atoms with E-state index < -0.39 is 5.60 Å². The van der Waals surface area contributed by atoms with Gasteiger partial charge in [-0.15, -0.1) is 0 Å². The SMILES string of the molecule is CNCCC(C)(O)Cc1cccnc1. The largest absolute Gasteiger partial charge is 0.390 e. The van der Waals surface area contributed by atoms with Crippen molar-refractivity contribution >= 4 is 0 Å². The van der Waals surface area contributed by atoms with E-state index in [1.54, 1.807) is 12.4 Å². The van der Waals surface area contributed by atoms with Gasteiger partial charge in [-0.2, -0.15) is 0 Å². The Morgan fingerprint density at radius 1 is 1.57 bits per heavy atom. The second-order valence-electron chi connectivity index (χ2n) is 3.89. The van der Waals surface area contributed by atoms with Crippen molar-refractivity contribution in [2.24, 2.45) is 0 Å². The third-order valence-electron chi connectivity index (χ3n) is 2.22. The van der Waals surface area contributed by atoms with Crippen LogP contribution in [-0.4, -0.2) is 29.3 Å². The Labute approximate surface area is 85.2 Å². The van der Waals surface area contributed by atoms with Gasteiger partial charge in [-0.05, 0) is 38.6 Å². The molecule has 0 saturated carbocycles. The third kappa shape index (κ3) is 3.85. The zero-order valence-corrected chi connectivity index (χ0v) is 8.83. The Hall–Kier alpha value is -0.930. The highest BCUT2D eigenvalue weighted by Gasteiger charge is 2.19. The molecule has 1 aromatic heterocycles. The van der Waals surface area contributed by atoms with Gasteiger partial charge in [0.2, 0.25) is 0 Å². The molecule has 0 saturated heterocycles. The summed E-state index contributed by atoms with van der Waals surface area (Å²) in [5, 5.41) is 13.1. The molecule has 0 amide bonds. The summed E-state index contributed by atoms with van der Waals surface area (Å²) in [5.41, 5.74) is 0.431. The van der Waals surface area contributed by atoms with E-state index in [-0.39, 0.29) is 0 Å². The van der Waals surface area contributed by atoms with Gasteiger partial charge >= 0.3 is 0 Å². The highest BCUT2D eigenvalue weighted by Crippen LogP contribution is 2.15. The maximum Gasteiger partial charge on any atom is 0.0672 e. The smallest absolute Gasteiger partial charge is 0.0672 e. The van der Waals surface area contributed by atoms with E-state index in [1.807, 2.05) is 26.1 Å². The van der Waals surface area contributed by atoms with Crippen molar-refractivity contribution in [3.8, 4) is 0 Å². The molecule has 78 valence electrons. The molecule has 0 aliphatic heterocycles. The van der Waals surface area contributed by atoms with Gasteiger partial charge in [-0.3, -0.25) is 4.98 Å². The zero-order chi connectivity index (χ0) is 10.4. The van der Waals surface area contributed by atoms with Crippen molar-refractivity contribution in [3.63, 3.8) is 0 Å². The molecule has 0 spiro atoms. The predicted molar refractivity (Wildman–Crippen MR) is 57.1 cm³/mol. The van der Waals surface area contributed by atoms with Crippen LogP contribution in [0.3, 0.4) is 0 Å². The van der Waals surface area contributed by atoms with Gasteiger partial charge in [0.05, 0.1) is 5.60 Å². The molecule has 0 fully saturated rings. The van der Waals surface area contributed by atoms with Gasteiger partial charge < -0.3 is 10.4 Å². The molecule has 0 aromatic carbocycles. The minimum Gasteiger partial charge on any atom is -0.390 e. The first-order chi connectivity index (χ1) is 6.64. The van der Waals surface area contributed by atoms with Crippen LogP contribution in [0, 0.1) is 0 Å². The molecular formula is C11H18N2O. The van der Waals surface area contributed by atoms with Crippen LogP contribution < -0.4 is 5.32 Å². The highest BCUT2D eigenvalue weighted by molar-refractivity contribution is 5.11. The third-order valence-corrected chi connectivity index (χ3v) is 2.22. The van der Waals surface area contributed by atoms with Crippen molar-refractivity contribution in [1.82, 2.24) is 10.3 Å². The normalized spacial score (nSPS) is 15.1. The van der Waals surface area contributed by atoms with Crippen molar-refractivity contribution in [2.75, 3.05) is 13.6 Å². The molecule has 1 aromatic rings. The second-order valence-corrected chi connectivity index (χ2v) is 3.89. The number of aliphatic hydroxyl groups is 1. The molecule has 1 rings (SSSR count). The van der Waals surface area contributed by atoms with Crippen LogP contribution in [-0.2, 0) is 6.42 Å². The lowest BCUT2D eigenvalue weighted by Gasteiger charge is -2.22. The van der Waals surface area contributed by atoms with Gasteiger partial charge in [0.25, 0.3) is 0 Å². The number of aromatic nitrogens is 1. The number of nitrogens with zero attached hydrogens (tertiary/aromatic N) is 1. The first-order valence-electron chi connectivity index (χ1n) is 4.90. The molecule has 0 aliphatic rings.